The second-order valence-electron chi connectivity index (χ2n) is 8.36. The van der Waals surface area contributed by atoms with Crippen molar-refractivity contribution >= 4 is 5.97 Å². The summed E-state index contributed by atoms with van der Waals surface area (Å²) in [5, 5.41) is 12.9. The van der Waals surface area contributed by atoms with E-state index in [0.29, 0.717) is 18.0 Å². The Morgan fingerprint density at radius 2 is 1.90 bits per heavy atom. The van der Waals surface area contributed by atoms with Crippen LogP contribution in [0, 0.1) is 5.92 Å². The Morgan fingerprint density at radius 3 is 2.55 bits per heavy atom. The van der Waals surface area contributed by atoms with Gasteiger partial charge in [-0.1, -0.05) is 36.4 Å². The number of nitrogens with one attached hydrogen (secondary N) is 1. The van der Waals surface area contributed by atoms with Crippen LogP contribution in [0.25, 0.3) is 11.1 Å². The molecule has 0 aromatic heterocycles. The first-order valence-electron chi connectivity index (χ1n) is 10.5. The van der Waals surface area contributed by atoms with Crippen LogP contribution in [0.4, 0.5) is 0 Å². The average molecular weight is 395 g/mol. The number of hydrogen-bond acceptors (Lipinski definition) is 4. The van der Waals surface area contributed by atoms with Crippen LogP contribution in [-0.4, -0.2) is 48.3 Å². The van der Waals surface area contributed by atoms with Crippen molar-refractivity contribution in [1.29, 1.82) is 0 Å². The van der Waals surface area contributed by atoms with Crippen LogP contribution in [0.3, 0.4) is 0 Å². The maximum atomic E-state index is 11.2. The minimum atomic E-state index is -0.718. The van der Waals surface area contributed by atoms with Gasteiger partial charge in [-0.2, -0.15) is 0 Å². The van der Waals surface area contributed by atoms with E-state index in [4.69, 9.17) is 4.74 Å². The number of hydrogen-bond donors (Lipinski definition) is 2. The van der Waals surface area contributed by atoms with Gasteiger partial charge in [-0.15, -0.1) is 0 Å². The molecule has 154 valence electrons. The van der Waals surface area contributed by atoms with E-state index in [1.807, 2.05) is 12.1 Å². The maximum absolute atomic E-state index is 11.2. The van der Waals surface area contributed by atoms with Gasteiger partial charge in [0.1, 0.15) is 5.75 Å². The Morgan fingerprint density at radius 1 is 1.14 bits per heavy atom. The van der Waals surface area contributed by atoms with Crippen LogP contribution in [0.5, 0.6) is 5.75 Å². The highest BCUT2D eigenvalue weighted by Gasteiger charge is 2.36. The van der Waals surface area contributed by atoms with E-state index in [2.05, 4.69) is 46.6 Å². The monoisotopic (exact) mass is 394 g/mol. The topological polar surface area (TPSA) is 61.8 Å². The van der Waals surface area contributed by atoms with E-state index >= 15 is 0 Å². The summed E-state index contributed by atoms with van der Waals surface area (Å²) in [5.41, 5.74) is 3.54. The fourth-order valence-electron chi connectivity index (χ4n) is 4.18. The first kappa shape index (κ1) is 19.9. The number of carbonyl (C=O) groups is 1. The van der Waals surface area contributed by atoms with Gasteiger partial charge < -0.3 is 15.2 Å². The van der Waals surface area contributed by atoms with Crippen molar-refractivity contribution in [2.24, 2.45) is 5.92 Å². The molecule has 2 aromatic rings. The normalized spacial score (nSPS) is 21.0. The zero-order chi connectivity index (χ0) is 20.2. The lowest BCUT2D eigenvalue weighted by Crippen LogP contribution is -2.54. The molecule has 4 rings (SSSR count). The van der Waals surface area contributed by atoms with E-state index in [-0.39, 0.29) is 6.54 Å². The molecule has 0 atom stereocenters. The number of carboxylic acid groups (broad SMARTS) is 1. The number of ether oxygens (including phenoxy) is 1. The fraction of sp³-hybridized carbons (Fsp3) is 0.458. The number of methoxy groups -OCH3 is 1. The summed E-state index contributed by atoms with van der Waals surface area (Å²) in [5.74, 6) is 0.894. The Balaban J connectivity index is 1.34. The largest absolute Gasteiger partial charge is 0.496 e. The first-order valence-corrected chi connectivity index (χ1v) is 10.5. The molecular formula is C24H30N2O3. The third-order valence-corrected chi connectivity index (χ3v) is 6.13. The molecule has 0 bridgehead atoms. The van der Waals surface area contributed by atoms with Gasteiger partial charge >= 0.3 is 5.97 Å². The number of benzene rings is 2. The second-order valence-corrected chi connectivity index (χ2v) is 8.36. The number of rotatable bonds is 10. The summed E-state index contributed by atoms with van der Waals surface area (Å²) in [6.45, 7) is 1.86. The average Bonchev–Trinajstić information content (AvgIpc) is 3.50. The van der Waals surface area contributed by atoms with E-state index in [1.54, 1.807) is 7.11 Å². The molecule has 0 amide bonds. The van der Waals surface area contributed by atoms with Crippen LogP contribution in [-0.2, 0) is 11.3 Å². The molecule has 29 heavy (non-hydrogen) atoms. The predicted octanol–water partition coefficient (Wildman–Crippen LogP) is 3.78. The molecular weight excluding hydrogens is 364 g/mol. The third kappa shape index (κ3) is 5.17. The van der Waals surface area contributed by atoms with Crippen molar-refractivity contribution in [2.75, 3.05) is 20.2 Å². The summed E-state index contributed by atoms with van der Waals surface area (Å²) in [7, 11) is 1.71. The molecule has 2 aromatic carbocycles. The zero-order valence-corrected chi connectivity index (χ0v) is 17.0. The summed E-state index contributed by atoms with van der Waals surface area (Å²) >= 11 is 0. The lowest BCUT2D eigenvalue weighted by molar-refractivity contribution is -0.139. The van der Waals surface area contributed by atoms with Gasteiger partial charge in [0.05, 0.1) is 13.7 Å². The summed E-state index contributed by atoms with van der Waals surface area (Å²) < 4.78 is 5.56. The first-order chi connectivity index (χ1) is 14.1. The zero-order valence-electron chi connectivity index (χ0n) is 17.0. The minimum absolute atomic E-state index is 0.167. The van der Waals surface area contributed by atoms with E-state index in [1.165, 1.54) is 24.0 Å². The van der Waals surface area contributed by atoms with Crippen LogP contribution in [0.1, 0.15) is 31.2 Å². The molecule has 0 unspecified atom stereocenters. The second kappa shape index (κ2) is 8.97. The van der Waals surface area contributed by atoms with E-state index in [0.717, 1.165) is 37.2 Å². The van der Waals surface area contributed by atoms with Gasteiger partial charge in [0.25, 0.3) is 0 Å². The van der Waals surface area contributed by atoms with Gasteiger partial charge in [0, 0.05) is 30.7 Å². The molecule has 2 saturated carbocycles. The Labute approximate surface area is 172 Å². The van der Waals surface area contributed by atoms with Gasteiger partial charge in [-0.05, 0) is 54.9 Å². The molecule has 0 aliphatic heterocycles. The lowest BCUT2D eigenvalue weighted by atomic mass is 9.85. The van der Waals surface area contributed by atoms with Crippen molar-refractivity contribution in [3.05, 3.63) is 54.1 Å². The highest BCUT2D eigenvalue weighted by atomic mass is 16.5. The molecule has 5 nitrogen and oxygen atoms in total. The number of aliphatic carboxylic acids is 1. The molecule has 2 N–H and O–H groups in total. The molecule has 0 heterocycles. The molecule has 2 aliphatic carbocycles. The Bertz CT molecular complexity index is 829. The molecule has 2 fully saturated rings. The third-order valence-electron chi connectivity index (χ3n) is 6.13. The Hall–Kier alpha value is -2.37. The predicted molar refractivity (Wildman–Crippen MR) is 114 cm³/mol. The fourth-order valence-corrected chi connectivity index (χ4v) is 4.18. The van der Waals surface area contributed by atoms with Crippen molar-refractivity contribution in [3.63, 3.8) is 0 Å². The number of carboxylic acids is 1. The van der Waals surface area contributed by atoms with Gasteiger partial charge in [-0.25, -0.2) is 0 Å². The van der Waals surface area contributed by atoms with Gasteiger partial charge in [0.15, 0.2) is 0 Å². The van der Waals surface area contributed by atoms with Crippen molar-refractivity contribution in [3.8, 4) is 16.9 Å². The van der Waals surface area contributed by atoms with Crippen molar-refractivity contribution in [1.82, 2.24) is 10.2 Å². The van der Waals surface area contributed by atoms with Crippen molar-refractivity contribution < 1.29 is 14.6 Å². The maximum Gasteiger partial charge on any atom is 0.317 e. The molecule has 5 heteroatoms. The van der Waals surface area contributed by atoms with Crippen molar-refractivity contribution in [2.45, 2.75) is 44.3 Å². The van der Waals surface area contributed by atoms with Crippen LogP contribution < -0.4 is 10.1 Å². The number of nitrogens with zero attached hydrogens (tertiary/aromatic N) is 1. The van der Waals surface area contributed by atoms with Crippen LogP contribution in [0.2, 0.25) is 0 Å². The molecule has 0 saturated heterocycles. The van der Waals surface area contributed by atoms with E-state index < -0.39 is 5.97 Å². The highest BCUT2D eigenvalue weighted by Crippen LogP contribution is 2.34. The molecule has 0 radical (unpaired) electrons. The standard InChI is InChI=1S/C24H30N2O3/c1-29-23-10-9-19(18-5-3-2-4-6-18)11-20(23)14-25-21-12-22(13-21)26(16-24(27)28)15-17-7-8-17/h2-6,9-11,17,21-22,25H,7-8,12-16H2,1H3,(H,27,28). The van der Waals surface area contributed by atoms with Gasteiger partial charge in [-0.3, -0.25) is 9.69 Å². The summed E-state index contributed by atoms with van der Waals surface area (Å²) in [6.07, 6.45) is 4.53. The van der Waals surface area contributed by atoms with E-state index in [9.17, 15) is 9.90 Å². The van der Waals surface area contributed by atoms with Crippen LogP contribution in [0.15, 0.2) is 48.5 Å². The van der Waals surface area contributed by atoms with Crippen LogP contribution >= 0.6 is 0 Å². The molecule has 2 aliphatic rings. The molecule has 0 spiro atoms. The highest BCUT2D eigenvalue weighted by molar-refractivity contribution is 5.69. The SMILES string of the molecule is COc1ccc(-c2ccccc2)cc1CNC1CC(N(CC(=O)O)CC2CC2)C1. The lowest BCUT2D eigenvalue weighted by Gasteiger charge is -2.43. The minimum Gasteiger partial charge on any atom is -0.496 e. The smallest absolute Gasteiger partial charge is 0.317 e. The quantitative estimate of drug-likeness (QED) is 0.642. The van der Waals surface area contributed by atoms with Gasteiger partial charge in [0.2, 0.25) is 0 Å². The Kier molecular flexibility index (Phi) is 6.16. The summed E-state index contributed by atoms with van der Waals surface area (Å²) in [4.78, 5) is 13.4. The summed E-state index contributed by atoms with van der Waals surface area (Å²) in [6, 6.07) is 17.5.